The first kappa shape index (κ1) is 14.5. The number of rotatable bonds is 4. The molecule has 1 atom stereocenters. The maximum Gasteiger partial charge on any atom is 0.142 e. The summed E-state index contributed by atoms with van der Waals surface area (Å²) in [5.74, 6) is 6.52. The van der Waals surface area contributed by atoms with E-state index in [0.717, 1.165) is 17.0 Å². The number of aryl methyl sites for hydroxylation is 3. The summed E-state index contributed by atoms with van der Waals surface area (Å²) in [6, 6.07) is 7.87. The lowest BCUT2D eigenvalue weighted by Gasteiger charge is -2.22. The first-order valence-corrected chi connectivity index (χ1v) is 6.61. The molecule has 1 aromatic carbocycles. The Kier molecular flexibility index (Phi) is 4.37. The van der Waals surface area contributed by atoms with Gasteiger partial charge >= 0.3 is 0 Å². The molecule has 106 valence electrons. The molecule has 0 aliphatic heterocycles. The van der Waals surface area contributed by atoms with E-state index in [1.54, 1.807) is 13.3 Å². The van der Waals surface area contributed by atoms with Gasteiger partial charge in [0.25, 0.3) is 0 Å². The van der Waals surface area contributed by atoms with Crippen LogP contribution < -0.4 is 16.0 Å². The molecule has 0 saturated heterocycles. The predicted octanol–water partition coefficient (Wildman–Crippen LogP) is 2.57. The van der Waals surface area contributed by atoms with E-state index in [2.05, 4.69) is 43.3 Å². The number of nitrogens with two attached hydrogens (primary N) is 1. The van der Waals surface area contributed by atoms with E-state index >= 15 is 0 Å². The van der Waals surface area contributed by atoms with E-state index in [1.807, 2.05) is 12.1 Å². The van der Waals surface area contributed by atoms with Crippen LogP contribution >= 0.6 is 0 Å². The van der Waals surface area contributed by atoms with Crippen molar-refractivity contribution in [3.8, 4) is 5.75 Å². The third kappa shape index (κ3) is 2.66. The minimum Gasteiger partial charge on any atom is -0.495 e. The summed E-state index contributed by atoms with van der Waals surface area (Å²) < 4.78 is 5.40. The van der Waals surface area contributed by atoms with Gasteiger partial charge in [-0.3, -0.25) is 10.8 Å². The monoisotopic (exact) mass is 271 g/mol. The second-order valence-corrected chi connectivity index (χ2v) is 5.00. The van der Waals surface area contributed by atoms with Crippen molar-refractivity contribution in [3.63, 3.8) is 0 Å². The van der Waals surface area contributed by atoms with Gasteiger partial charge in [0.2, 0.25) is 0 Å². The number of hydrazine groups is 1. The molecule has 0 radical (unpaired) electrons. The normalized spacial score (nSPS) is 12.2. The quantitative estimate of drug-likeness (QED) is 0.663. The average molecular weight is 271 g/mol. The Morgan fingerprint density at radius 2 is 1.85 bits per heavy atom. The molecule has 0 fully saturated rings. The van der Waals surface area contributed by atoms with Gasteiger partial charge in [-0.25, -0.2) is 5.43 Å². The zero-order valence-electron chi connectivity index (χ0n) is 12.4. The van der Waals surface area contributed by atoms with Crippen molar-refractivity contribution in [1.82, 2.24) is 10.4 Å². The fourth-order valence-electron chi connectivity index (χ4n) is 2.74. The molecule has 2 rings (SSSR count). The van der Waals surface area contributed by atoms with Crippen molar-refractivity contribution in [2.45, 2.75) is 26.8 Å². The number of nitrogens with one attached hydrogen (secondary N) is 1. The smallest absolute Gasteiger partial charge is 0.142 e. The molecule has 4 nitrogen and oxygen atoms in total. The molecule has 3 N–H and O–H groups in total. The zero-order valence-corrected chi connectivity index (χ0v) is 12.4. The van der Waals surface area contributed by atoms with Crippen molar-refractivity contribution in [3.05, 3.63) is 58.4 Å². The Morgan fingerprint density at radius 1 is 1.20 bits per heavy atom. The van der Waals surface area contributed by atoms with Crippen molar-refractivity contribution < 1.29 is 4.74 Å². The lowest BCUT2D eigenvalue weighted by Crippen LogP contribution is -2.31. The van der Waals surface area contributed by atoms with Crippen molar-refractivity contribution in [2.24, 2.45) is 5.84 Å². The largest absolute Gasteiger partial charge is 0.495 e. The molecule has 1 unspecified atom stereocenters. The number of hydrogen-bond acceptors (Lipinski definition) is 4. The number of ether oxygens (including phenoxy) is 1. The second kappa shape index (κ2) is 6.03. The molecule has 0 bridgehead atoms. The number of pyridine rings is 1. The summed E-state index contributed by atoms with van der Waals surface area (Å²) in [5, 5.41) is 0. The summed E-state index contributed by atoms with van der Waals surface area (Å²) in [5.41, 5.74) is 8.44. The van der Waals surface area contributed by atoms with Crippen molar-refractivity contribution >= 4 is 0 Å². The Labute approximate surface area is 120 Å². The fourth-order valence-corrected chi connectivity index (χ4v) is 2.74. The van der Waals surface area contributed by atoms with Crippen LogP contribution in [0.2, 0.25) is 0 Å². The van der Waals surface area contributed by atoms with Crippen LogP contribution in [0, 0.1) is 20.8 Å². The molecule has 0 spiro atoms. The minimum absolute atomic E-state index is 0.188. The second-order valence-electron chi connectivity index (χ2n) is 5.00. The molecule has 0 amide bonds. The summed E-state index contributed by atoms with van der Waals surface area (Å²) >= 11 is 0. The van der Waals surface area contributed by atoms with Gasteiger partial charge in [0.1, 0.15) is 11.4 Å². The van der Waals surface area contributed by atoms with E-state index in [4.69, 9.17) is 10.6 Å². The SMILES string of the molecule is COc1cccnc1C(NN)c1c(C)cc(C)cc1C. The van der Waals surface area contributed by atoms with E-state index in [1.165, 1.54) is 16.7 Å². The lowest BCUT2D eigenvalue weighted by atomic mass is 9.92. The third-order valence-corrected chi connectivity index (χ3v) is 3.49. The predicted molar refractivity (Wildman–Crippen MR) is 80.6 cm³/mol. The molecule has 1 aromatic heterocycles. The van der Waals surface area contributed by atoms with Crippen LogP contribution in [0.1, 0.15) is 34.0 Å². The lowest BCUT2D eigenvalue weighted by molar-refractivity contribution is 0.400. The van der Waals surface area contributed by atoms with Gasteiger partial charge in [-0.05, 0) is 49.6 Å². The number of benzene rings is 1. The van der Waals surface area contributed by atoms with Crippen LogP contribution in [0.5, 0.6) is 5.75 Å². The summed E-state index contributed by atoms with van der Waals surface area (Å²) in [6.07, 6.45) is 1.75. The van der Waals surface area contributed by atoms with Gasteiger partial charge in [0.05, 0.1) is 13.2 Å². The highest BCUT2D eigenvalue weighted by atomic mass is 16.5. The summed E-state index contributed by atoms with van der Waals surface area (Å²) in [7, 11) is 1.64. The van der Waals surface area contributed by atoms with E-state index in [-0.39, 0.29) is 6.04 Å². The topological polar surface area (TPSA) is 60.2 Å². The molecule has 4 heteroatoms. The van der Waals surface area contributed by atoms with Gasteiger partial charge in [-0.15, -0.1) is 0 Å². The first-order chi connectivity index (χ1) is 9.58. The molecule has 2 aromatic rings. The van der Waals surface area contributed by atoms with Gasteiger partial charge in [-0.1, -0.05) is 17.7 Å². The van der Waals surface area contributed by atoms with Gasteiger partial charge < -0.3 is 4.74 Å². The van der Waals surface area contributed by atoms with Crippen LogP contribution in [0.15, 0.2) is 30.5 Å². The minimum atomic E-state index is -0.188. The van der Waals surface area contributed by atoms with E-state index < -0.39 is 0 Å². The maximum atomic E-state index is 5.79. The van der Waals surface area contributed by atoms with Gasteiger partial charge in [0, 0.05) is 6.20 Å². The number of methoxy groups -OCH3 is 1. The van der Waals surface area contributed by atoms with Gasteiger partial charge in [0.15, 0.2) is 0 Å². The number of hydrogen-bond donors (Lipinski definition) is 2. The standard InChI is InChI=1S/C16H21N3O/c1-10-8-11(2)14(12(3)9-10)16(19-17)15-13(20-4)6-5-7-18-15/h5-9,16,19H,17H2,1-4H3. The van der Waals surface area contributed by atoms with E-state index in [9.17, 15) is 0 Å². The molecule has 0 aliphatic carbocycles. The van der Waals surface area contributed by atoms with Crippen LogP contribution in [0.25, 0.3) is 0 Å². The van der Waals surface area contributed by atoms with E-state index in [0.29, 0.717) is 0 Å². The first-order valence-electron chi connectivity index (χ1n) is 6.61. The van der Waals surface area contributed by atoms with Crippen LogP contribution in [0.3, 0.4) is 0 Å². The molecule has 0 saturated carbocycles. The fraction of sp³-hybridized carbons (Fsp3) is 0.312. The summed E-state index contributed by atoms with van der Waals surface area (Å²) in [4.78, 5) is 4.43. The Morgan fingerprint density at radius 3 is 2.40 bits per heavy atom. The molecular formula is C16H21N3O. The number of nitrogens with zero attached hydrogens (tertiary/aromatic N) is 1. The van der Waals surface area contributed by atoms with Gasteiger partial charge in [-0.2, -0.15) is 0 Å². The van der Waals surface area contributed by atoms with Crippen LogP contribution in [-0.2, 0) is 0 Å². The highest BCUT2D eigenvalue weighted by Gasteiger charge is 2.21. The molecule has 20 heavy (non-hydrogen) atoms. The molecular weight excluding hydrogens is 250 g/mol. The van der Waals surface area contributed by atoms with Crippen molar-refractivity contribution in [2.75, 3.05) is 7.11 Å². The third-order valence-electron chi connectivity index (χ3n) is 3.49. The van der Waals surface area contributed by atoms with Crippen molar-refractivity contribution in [1.29, 1.82) is 0 Å². The maximum absolute atomic E-state index is 5.79. The Balaban J connectivity index is 2.59. The highest BCUT2D eigenvalue weighted by Crippen LogP contribution is 2.31. The zero-order chi connectivity index (χ0) is 14.7. The Hall–Kier alpha value is -1.91. The van der Waals surface area contributed by atoms with Crippen LogP contribution in [0.4, 0.5) is 0 Å². The van der Waals surface area contributed by atoms with Crippen LogP contribution in [-0.4, -0.2) is 12.1 Å². The Bertz CT molecular complexity index is 587. The average Bonchev–Trinajstić information content (AvgIpc) is 2.42. The number of aromatic nitrogens is 1. The molecule has 0 aliphatic rings. The summed E-state index contributed by atoms with van der Waals surface area (Å²) in [6.45, 7) is 6.28. The molecule has 1 heterocycles. The highest BCUT2D eigenvalue weighted by molar-refractivity contribution is 5.45.